The number of rotatable bonds is 4. The Morgan fingerprint density at radius 3 is 2.23 bits per heavy atom. The van der Waals surface area contributed by atoms with Gasteiger partial charge in [-0.15, -0.1) is 10.2 Å². The largest absolute Gasteiger partial charge is 0.412 e. The first-order valence-electron chi connectivity index (χ1n) is 8.74. The second-order valence-corrected chi connectivity index (χ2v) is 6.33. The summed E-state index contributed by atoms with van der Waals surface area (Å²) in [6.45, 7) is 3.89. The number of piperazine rings is 1. The third-order valence-electron chi connectivity index (χ3n) is 4.54. The summed E-state index contributed by atoms with van der Waals surface area (Å²) in [5.74, 6) is 0.232. The van der Waals surface area contributed by atoms with E-state index in [2.05, 4.69) is 39.4 Å². The van der Waals surface area contributed by atoms with Gasteiger partial charge in [-0.05, 0) is 17.7 Å². The van der Waals surface area contributed by atoms with Crippen LogP contribution in [0.1, 0.15) is 16.2 Å². The first-order valence-corrected chi connectivity index (χ1v) is 8.74. The maximum Gasteiger partial charge on any atom is 0.311 e. The molecule has 132 valence electrons. The molecule has 0 spiro atoms. The van der Waals surface area contributed by atoms with E-state index in [1.807, 2.05) is 36.4 Å². The van der Waals surface area contributed by atoms with Gasteiger partial charge in [0, 0.05) is 38.3 Å². The van der Waals surface area contributed by atoms with Crippen LogP contribution in [0.25, 0.3) is 11.5 Å². The topological polar surface area (TPSA) is 62.5 Å². The highest BCUT2D eigenvalue weighted by Gasteiger charge is 2.26. The first kappa shape index (κ1) is 16.5. The van der Waals surface area contributed by atoms with Gasteiger partial charge in [0.1, 0.15) is 0 Å². The van der Waals surface area contributed by atoms with E-state index < -0.39 is 0 Å². The minimum Gasteiger partial charge on any atom is -0.412 e. The number of nitrogens with zero attached hydrogens (tertiary/aromatic N) is 4. The predicted molar refractivity (Wildman–Crippen MR) is 97.4 cm³/mol. The second kappa shape index (κ2) is 7.49. The van der Waals surface area contributed by atoms with Crippen LogP contribution in [0.15, 0.2) is 65.1 Å². The Labute approximate surface area is 152 Å². The fourth-order valence-corrected chi connectivity index (χ4v) is 3.09. The number of carbonyl (C=O) groups is 1. The van der Waals surface area contributed by atoms with E-state index >= 15 is 0 Å². The Morgan fingerprint density at radius 1 is 0.885 bits per heavy atom. The van der Waals surface area contributed by atoms with Gasteiger partial charge in [-0.1, -0.05) is 48.5 Å². The summed E-state index contributed by atoms with van der Waals surface area (Å²) in [4.78, 5) is 16.8. The molecule has 1 amide bonds. The molecule has 0 atom stereocenters. The van der Waals surface area contributed by atoms with Crippen molar-refractivity contribution in [2.75, 3.05) is 26.2 Å². The SMILES string of the molecule is O=C(c1nnc(-c2ccccc2)o1)N1CCN(Cc2ccccc2)CC1. The zero-order chi connectivity index (χ0) is 17.8. The summed E-state index contributed by atoms with van der Waals surface area (Å²) in [6.07, 6.45) is 0. The lowest BCUT2D eigenvalue weighted by atomic mass is 10.2. The molecule has 0 radical (unpaired) electrons. The summed E-state index contributed by atoms with van der Waals surface area (Å²) >= 11 is 0. The molecule has 1 fully saturated rings. The molecule has 1 saturated heterocycles. The van der Waals surface area contributed by atoms with E-state index in [1.165, 1.54) is 5.56 Å². The van der Waals surface area contributed by atoms with E-state index in [9.17, 15) is 4.79 Å². The number of hydrogen-bond acceptors (Lipinski definition) is 5. The second-order valence-electron chi connectivity index (χ2n) is 6.33. The molecule has 26 heavy (non-hydrogen) atoms. The number of amides is 1. The molecule has 6 heteroatoms. The zero-order valence-corrected chi connectivity index (χ0v) is 14.4. The lowest BCUT2D eigenvalue weighted by Crippen LogP contribution is -2.48. The number of hydrogen-bond donors (Lipinski definition) is 0. The van der Waals surface area contributed by atoms with E-state index in [4.69, 9.17) is 4.42 Å². The molecule has 4 rings (SSSR count). The average molecular weight is 348 g/mol. The minimum absolute atomic E-state index is 0.0559. The molecule has 2 heterocycles. The van der Waals surface area contributed by atoms with E-state index in [0.29, 0.717) is 19.0 Å². The molecule has 1 aromatic heterocycles. The third-order valence-corrected chi connectivity index (χ3v) is 4.54. The molecule has 0 unspecified atom stereocenters. The van der Waals surface area contributed by atoms with Crippen molar-refractivity contribution in [1.29, 1.82) is 0 Å². The molecule has 1 aliphatic heterocycles. The highest BCUT2D eigenvalue weighted by molar-refractivity contribution is 5.89. The van der Waals surface area contributed by atoms with Crippen molar-refractivity contribution < 1.29 is 9.21 Å². The van der Waals surface area contributed by atoms with Gasteiger partial charge in [0.25, 0.3) is 0 Å². The van der Waals surface area contributed by atoms with Crippen LogP contribution in [0.2, 0.25) is 0 Å². The molecule has 3 aromatic rings. The number of carbonyl (C=O) groups excluding carboxylic acids is 1. The molecule has 2 aromatic carbocycles. The van der Waals surface area contributed by atoms with Crippen LogP contribution in [-0.4, -0.2) is 52.1 Å². The minimum atomic E-state index is -0.195. The Balaban J connectivity index is 1.36. The van der Waals surface area contributed by atoms with Crippen LogP contribution in [0.3, 0.4) is 0 Å². The van der Waals surface area contributed by atoms with Crippen molar-refractivity contribution in [3.63, 3.8) is 0 Å². The Kier molecular flexibility index (Phi) is 4.75. The van der Waals surface area contributed by atoms with Gasteiger partial charge in [0.05, 0.1) is 0 Å². The molecule has 1 aliphatic rings. The van der Waals surface area contributed by atoms with E-state index in [-0.39, 0.29) is 11.8 Å². The van der Waals surface area contributed by atoms with Crippen LogP contribution >= 0.6 is 0 Å². The number of aromatic nitrogens is 2. The van der Waals surface area contributed by atoms with Gasteiger partial charge >= 0.3 is 11.8 Å². The van der Waals surface area contributed by atoms with Gasteiger partial charge in [-0.25, -0.2) is 0 Å². The van der Waals surface area contributed by atoms with Crippen molar-refractivity contribution in [3.8, 4) is 11.5 Å². The van der Waals surface area contributed by atoms with Crippen molar-refractivity contribution in [1.82, 2.24) is 20.0 Å². The fraction of sp³-hybridized carbons (Fsp3) is 0.250. The lowest BCUT2D eigenvalue weighted by molar-refractivity contribution is 0.0590. The standard InChI is InChI=1S/C20H20N4O2/c25-20(19-22-21-18(26-19)17-9-5-2-6-10-17)24-13-11-23(12-14-24)15-16-7-3-1-4-8-16/h1-10H,11-15H2. The van der Waals surface area contributed by atoms with Crippen LogP contribution in [0.5, 0.6) is 0 Å². The summed E-state index contributed by atoms with van der Waals surface area (Å²) in [5.41, 5.74) is 2.10. The predicted octanol–water partition coefficient (Wildman–Crippen LogP) is 2.69. The summed E-state index contributed by atoms with van der Waals surface area (Å²) < 4.78 is 5.58. The molecule has 0 N–H and O–H groups in total. The smallest absolute Gasteiger partial charge is 0.311 e. The summed E-state index contributed by atoms with van der Waals surface area (Å²) in [7, 11) is 0. The molecule has 0 saturated carbocycles. The van der Waals surface area contributed by atoms with Crippen molar-refractivity contribution >= 4 is 5.91 Å². The van der Waals surface area contributed by atoms with Gasteiger partial charge < -0.3 is 9.32 Å². The van der Waals surface area contributed by atoms with Crippen molar-refractivity contribution in [3.05, 3.63) is 72.1 Å². The summed E-state index contributed by atoms with van der Waals surface area (Å²) in [6, 6.07) is 19.8. The lowest BCUT2D eigenvalue weighted by Gasteiger charge is -2.34. The molecule has 0 bridgehead atoms. The Morgan fingerprint density at radius 2 is 1.54 bits per heavy atom. The van der Waals surface area contributed by atoms with Crippen LogP contribution < -0.4 is 0 Å². The number of benzene rings is 2. The molecular formula is C20H20N4O2. The van der Waals surface area contributed by atoms with Gasteiger partial charge in [-0.2, -0.15) is 0 Å². The first-order chi connectivity index (χ1) is 12.8. The third kappa shape index (κ3) is 3.65. The van der Waals surface area contributed by atoms with Crippen molar-refractivity contribution in [2.45, 2.75) is 6.54 Å². The maximum atomic E-state index is 12.6. The normalized spacial score (nSPS) is 15.2. The highest BCUT2D eigenvalue weighted by Crippen LogP contribution is 2.18. The maximum absolute atomic E-state index is 12.6. The van der Waals surface area contributed by atoms with Gasteiger partial charge in [-0.3, -0.25) is 9.69 Å². The average Bonchev–Trinajstić information content (AvgIpc) is 3.20. The Hall–Kier alpha value is -2.99. The quantitative estimate of drug-likeness (QED) is 0.725. The van der Waals surface area contributed by atoms with Crippen molar-refractivity contribution in [2.24, 2.45) is 0 Å². The molecule has 0 aliphatic carbocycles. The zero-order valence-electron chi connectivity index (χ0n) is 14.4. The Bertz CT molecular complexity index is 856. The molecular weight excluding hydrogens is 328 g/mol. The van der Waals surface area contributed by atoms with Crippen LogP contribution in [0.4, 0.5) is 0 Å². The summed E-state index contributed by atoms with van der Waals surface area (Å²) in [5, 5.41) is 7.93. The van der Waals surface area contributed by atoms with E-state index in [0.717, 1.165) is 25.2 Å². The van der Waals surface area contributed by atoms with Gasteiger partial charge in [0.15, 0.2) is 0 Å². The van der Waals surface area contributed by atoms with E-state index in [1.54, 1.807) is 4.90 Å². The fourth-order valence-electron chi connectivity index (χ4n) is 3.09. The van der Waals surface area contributed by atoms with Crippen LogP contribution in [-0.2, 0) is 6.54 Å². The highest BCUT2D eigenvalue weighted by atomic mass is 16.4. The van der Waals surface area contributed by atoms with Gasteiger partial charge in [0.2, 0.25) is 5.89 Å². The van der Waals surface area contributed by atoms with Crippen LogP contribution in [0, 0.1) is 0 Å². The monoisotopic (exact) mass is 348 g/mol. The molecule has 6 nitrogen and oxygen atoms in total.